The van der Waals surface area contributed by atoms with E-state index in [1.807, 2.05) is 6.07 Å². The molecule has 0 aliphatic rings. The van der Waals surface area contributed by atoms with Crippen molar-refractivity contribution in [1.29, 1.82) is 0 Å². The second-order valence-electron chi connectivity index (χ2n) is 4.46. The molecule has 0 radical (unpaired) electrons. The number of nitrogen functional groups attached to an aromatic ring is 1. The second-order valence-corrected chi connectivity index (χ2v) is 4.46. The van der Waals surface area contributed by atoms with Crippen LogP contribution in [0.3, 0.4) is 0 Å². The van der Waals surface area contributed by atoms with Crippen LogP contribution in [-0.4, -0.2) is 0 Å². The molecule has 0 saturated heterocycles. The predicted molar refractivity (Wildman–Crippen MR) is 74.1 cm³/mol. The monoisotopic (exact) mass is 244 g/mol. The van der Waals surface area contributed by atoms with Crippen LogP contribution in [0.2, 0.25) is 0 Å². The van der Waals surface area contributed by atoms with Gasteiger partial charge in [-0.1, -0.05) is 18.2 Å². The molecule has 0 aliphatic heterocycles. The summed E-state index contributed by atoms with van der Waals surface area (Å²) in [5, 5.41) is 3.19. The van der Waals surface area contributed by atoms with Crippen LogP contribution in [0.15, 0.2) is 36.4 Å². The van der Waals surface area contributed by atoms with Crippen LogP contribution >= 0.6 is 0 Å². The molecule has 3 N–H and O–H groups in total. The third kappa shape index (κ3) is 2.62. The van der Waals surface area contributed by atoms with Gasteiger partial charge in [-0.2, -0.15) is 0 Å². The van der Waals surface area contributed by atoms with E-state index in [0.717, 1.165) is 0 Å². The molecule has 0 fully saturated rings. The Hall–Kier alpha value is -2.03. The molecule has 3 heteroatoms. The zero-order valence-corrected chi connectivity index (χ0v) is 10.6. The van der Waals surface area contributed by atoms with Crippen molar-refractivity contribution >= 4 is 11.4 Å². The van der Waals surface area contributed by atoms with Crippen molar-refractivity contribution in [3.05, 3.63) is 58.9 Å². The smallest absolute Gasteiger partial charge is 0.125 e. The average Bonchev–Trinajstić information content (AvgIpc) is 2.33. The fourth-order valence-corrected chi connectivity index (χ4v) is 1.99. The lowest BCUT2D eigenvalue weighted by molar-refractivity contribution is 0.628. The van der Waals surface area contributed by atoms with Crippen molar-refractivity contribution in [3.8, 4) is 0 Å². The summed E-state index contributed by atoms with van der Waals surface area (Å²) in [6.45, 7) is 4.78. The fourth-order valence-electron chi connectivity index (χ4n) is 1.99. The number of nitrogens with two attached hydrogens (primary N) is 1. The summed E-state index contributed by atoms with van der Waals surface area (Å²) in [5.41, 5.74) is 10.7. The maximum Gasteiger partial charge on any atom is 0.125 e. The SMILES string of the molecule is Cc1cccc(C)c1CNc1cc(F)ccc1N. The Balaban J connectivity index is 2.19. The molecule has 18 heavy (non-hydrogen) atoms. The molecule has 0 heterocycles. The summed E-state index contributed by atoms with van der Waals surface area (Å²) in [7, 11) is 0. The maximum absolute atomic E-state index is 13.1. The van der Waals surface area contributed by atoms with Gasteiger partial charge in [-0.05, 0) is 48.7 Å². The highest BCUT2D eigenvalue weighted by atomic mass is 19.1. The minimum absolute atomic E-state index is 0.284. The highest BCUT2D eigenvalue weighted by Gasteiger charge is 2.04. The number of nitrogens with one attached hydrogen (secondary N) is 1. The van der Waals surface area contributed by atoms with Crippen LogP contribution in [-0.2, 0) is 6.54 Å². The molecule has 2 aromatic carbocycles. The Labute approximate surface area is 107 Å². The van der Waals surface area contributed by atoms with Crippen LogP contribution in [0.25, 0.3) is 0 Å². The van der Waals surface area contributed by atoms with E-state index < -0.39 is 0 Å². The lowest BCUT2D eigenvalue weighted by Crippen LogP contribution is -2.05. The average molecular weight is 244 g/mol. The summed E-state index contributed by atoms with van der Waals surface area (Å²) >= 11 is 0. The normalized spacial score (nSPS) is 10.4. The first kappa shape index (κ1) is 12.4. The zero-order valence-electron chi connectivity index (χ0n) is 10.6. The van der Waals surface area contributed by atoms with Gasteiger partial charge in [0.15, 0.2) is 0 Å². The Bertz CT molecular complexity index is 544. The van der Waals surface area contributed by atoms with Crippen LogP contribution in [0, 0.1) is 19.7 Å². The van der Waals surface area contributed by atoms with E-state index in [9.17, 15) is 4.39 Å². The van der Waals surface area contributed by atoms with E-state index in [0.29, 0.717) is 17.9 Å². The van der Waals surface area contributed by atoms with Crippen molar-refractivity contribution < 1.29 is 4.39 Å². The number of benzene rings is 2. The van der Waals surface area contributed by atoms with E-state index in [1.165, 1.54) is 28.8 Å². The van der Waals surface area contributed by atoms with E-state index >= 15 is 0 Å². The number of halogens is 1. The van der Waals surface area contributed by atoms with Crippen LogP contribution in [0.4, 0.5) is 15.8 Å². The number of aryl methyl sites for hydroxylation is 2. The van der Waals surface area contributed by atoms with E-state index in [2.05, 4.69) is 31.3 Å². The van der Waals surface area contributed by atoms with Gasteiger partial charge in [-0.3, -0.25) is 0 Å². The molecular weight excluding hydrogens is 227 g/mol. The summed E-state index contributed by atoms with van der Waals surface area (Å²) in [4.78, 5) is 0. The number of hydrogen-bond acceptors (Lipinski definition) is 2. The van der Waals surface area contributed by atoms with Gasteiger partial charge in [0.05, 0.1) is 11.4 Å². The molecule has 0 unspecified atom stereocenters. The molecule has 94 valence electrons. The lowest BCUT2D eigenvalue weighted by Gasteiger charge is -2.13. The van der Waals surface area contributed by atoms with Gasteiger partial charge in [0.25, 0.3) is 0 Å². The van der Waals surface area contributed by atoms with Gasteiger partial charge in [0.1, 0.15) is 5.82 Å². The third-order valence-corrected chi connectivity index (χ3v) is 3.12. The van der Waals surface area contributed by atoms with Gasteiger partial charge in [-0.15, -0.1) is 0 Å². The van der Waals surface area contributed by atoms with Crippen LogP contribution < -0.4 is 11.1 Å². The summed E-state index contributed by atoms with van der Waals surface area (Å²) in [5.74, 6) is -0.284. The molecule has 0 amide bonds. The molecule has 0 saturated carbocycles. The molecule has 2 rings (SSSR count). The van der Waals surface area contributed by atoms with Crippen LogP contribution in [0.1, 0.15) is 16.7 Å². The Morgan fingerprint density at radius 3 is 2.44 bits per heavy atom. The predicted octanol–water partition coefficient (Wildman–Crippen LogP) is 3.64. The minimum atomic E-state index is -0.284. The Kier molecular flexibility index (Phi) is 3.51. The number of hydrogen-bond donors (Lipinski definition) is 2. The molecule has 0 aliphatic carbocycles. The Morgan fingerprint density at radius 1 is 1.11 bits per heavy atom. The van der Waals surface area contributed by atoms with Crippen molar-refractivity contribution in [2.45, 2.75) is 20.4 Å². The van der Waals surface area contributed by atoms with Crippen molar-refractivity contribution in [2.75, 3.05) is 11.1 Å². The van der Waals surface area contributed by atoms with E-state index in [4.69, 9.17) is 5.73 Å². The molecule has 2 aromatic rings. The first-order chi connectivity index (χ1) is 8.58. The van der Waals surface area contributed by atoms with Gasteiger partial charge < -0.3 is 11.1 Å². The zero-order chi connectivity index (χ0) is 13.1. The lowest BCUT2D eigenvalue weighted by atomic mass is 10.0. The summed E-state index contributed by atoms with van der Waals surface area (Å²) in [6, 6.07) is 10.5. The Morgan fingerprint density at radius 2 is 1.78 bits per heavy atom. The minimum Gasteiger partial charge on any atom is -0.397 e. The van der Waals surface area contributed by atoms with E-state index in [1.54, 1.807) is 6.07 Å². The highest BCUT2D eigenvalue weighted by molar-refractivity contribution is 5.66. The number of anilines is 2. The van der Waals surface area contributed by atoms with E-state index in [-0.39, 0.29) is 5.82 Å². The van der Waals surface area contributed by atoms with Gasteiger partial charge in [0.2, 0.25) is 0 Å². The van der Waals surface area contributed by atoms with Gasteiger partial charge in [0, 0.05) is 6.54 Å². The van der Waals surface area contributed by atoms with Crippen molar-refractivity contribution in [1.82, 2.24) is 0 Å². The first-order valence-electron chi connectivity index (χ1n) is 5.92. The van der Waals surface area contributed by atoms with Gasteiger partial charge >= 0.3 is 0 Å². The largest absolute Gasteiger partial charge is 0.397 e. The molecule has 0 spiro atoms. The van der Waals surface area contributed by atoms with Crippen molar-refractivity contribution in [2.24, 2.45) is 0 Å². The standard InChI is InChI=1S/C15H17FN2/c1-10-4-3-5-11(2)13(10)9-18-15-8-12(16)6-7-14(15)17/h3-8,18H,9,17H2,1-2H3. The quantitative estimate of drug-likeness (QED) is 0.809. The number of rotatable bonds is 3. The molecule has 0 atom stereocenters. The van der Waals surface area contributed by atoms with Crippen LogP contribution in [0.5, 0.6) is 0 Å². The topological polar surface area (TPSA) is 38.0 Å². The molecule has 2 nitrogen and oxygen atoms in total. The second kappa shape index (κ2) is 5.08. The maximum atomic E-state index is 13.1. The van der Waals surface area contributed by atoms with Crippen molar-refractivity contribution in [3.63, 3.8) is 0 Å². The first-order valence-corrected chi connectivity index (χ1v) is 5.92. The fraction of sp³-hybridized carbons (Fsp3) is 0.200. The van der Waals surface area contributed by atoms with Gasteiger partial charge in [-0.25, -0.2) is 4.39 Å². The summed E-state index contributed by atoms with van der Waals surface area (Å²) < 4.78 is 13.1. The molecule has 0 aromatic heterocycles. The highest BCUT2D eigenvalue weighted by Crippen LogP contribution is 2.21. The molecular formula is C15H17FN2. The third-order valence-electron chi connectivity index (χ3n) is 3.12. The summed E-state index contributed by atoms with van der Waals surface area (Å²) in [6.07, 6.45) is 0. The molecule has 0 bridgehead atoms.